The molecule has 3 aromatic carbocycles. The van der Waals surface area contributed by atoms with Gasteiger partial charge in [0.15, 0.2) is 5.11 Å². The molecule has 0 atom stereocenters. The van der Waals surface area contributed by atoms with Gasteiger partial charge in [0.1, 0.15) is 18.1 Å². The second kappa shape index (κ2) is 11.6. The fourth-order valence-electron chi connectivity index (χ4n) is 2.65. The number of nitrogens with zero attached hydrogens (tertiary/aromatic N) is 1. The molecule has 0 aromatic heterocycles. The highest BCUT2D eigenvalue weighted by Crippen LogP contribution is 2.37. The number of halogens is 3. The maximum Gasteiger partial charge on any atom is 0.191 e. The van der Waals surface area contributed by atoms with Crippen molar-refractivity contribution in [3.05, 3.63) is 85.2 Å². The minimum absolute atomic E-state index is 0.324. The van der Waals surface area contributed by atoms with Gasteiger partial charge in [-0.05, 0) is 92.1 Å². The van der Waals surface area contributed by atoms with Crippen LogP contribution in [0.3, 0.4) is 0 Å². The number of benzene rings is 3. The second-order valence-electron chi connectivity index (χ2n) is 6.25. The van der Waals surface area contributed by atoms with Gasteiger partial charge in [-0.2, -0.15) is 5.10 Å². The highest BCUT2D eigenvalue weighted by molar-refractivity contribution is 9.11. The summed E-state index contributed by atoms with van der Waals surface area (Å²) in [7, 11) is 1.63. The second-order valence-corrected chi connectivity index (χ2v) is 9.28. The van der Waals surface area contributed by atoms with Gasteiger partial charge in [-0.15, -0.1) is 0 Å². The summed E-state index contributed by atoms with van der Waals surface area (Å²) in [6.45, 7) is 0.324. The lowest BCUT2D eigenvalue weighted by Gasteiger charge is -2.14. The molecular weight excluding hydrogens is 610 g/mol. The number of anilines is 1. The molecule has 0 saturated heterocycles. The van der Waals surface area contributed by atoms with E-state index in [1.165, 1.54) is 0 Å². The molecule has 0 spiro atoms. The third kappa shape index (κ3) is 7.03. The Kier molecular flexibility index (Phi) is 8.89. The van der Waals surface area contributed by atoms with Crippen molar-refractivity contribution in [1.29, 1.82) is 0 Å². The number of nitrogens with one attached hydrogen (secondary N) is 2. The lowest BCUT2D eigenvalue weighted by molar-refractivity contribution is 0.293. The van der Waals surface area contributed by atoms with Crippen LogP contribution < -0.4 is 20.2 Å². The summed E-state index contributed by atoms with van der Waals surface area (Å²) in [6, 6.07) is 19.3. The van der Waals surface area contributed by atoms with Gasteiger partial charge in [-0.3, -0.25) is 5.43 Å². The maximum absolute atomic E-state index is 6.03. The van der Waals surface area contributed by atoms with Crippen LogP contribution in [0.1, 0.15) is 11.1 Å². The molecule has 0 heterocycles. The van der Waals surface area contributed by atoms with Crippen LogP contribution in [0, 0.1) is 0 Å². The lowest BCUT2D eigenvalue weighted by Crippen LogP contribution is -2.23. The molecule has 0 amide bonds. The van der Waals surface area contributed by atoms with E-state index in [1.807, 2.05) is 60.7 Å². The van der Waals surface area contributed by atoms with E-state index < -0.39 is 0 Å². The van der Waals surface area contributed by atoms with E-state index in [4.69, 9.17) is 21.7 Å². The molecule has 0 aliphatic carbocycles. The van der Waals surface area contributed by atoms with Crippen LogP contribution in [-0.4, -0.2) is 18.4 Å². The molecule has 0 radical (unpaired) electrons. The Labute approximate surface area is 211 Å². The Hall–Kier alpha value is -1.94. The Balaban J connectivity index is 1.66. The van der Waals surface area contributed by atoms with Crippen LogP contribution in [0.25, 0.3) is 0 Å². The Morgan fingerprint density at radius 1 is 1.03 bits per heavy atom. The number of para-hydroxylation sites is 1. The van der Waals surface area contributed by atoms with Crippen LogP contribution in [0.5, 0.6) is 11.5 Å². The quantitative estimate of drug-likeness (QED) is 0.170. The summed E-state index contributed by atoms with van der Waals surface area (Å²) < 4.78 is 14.1. The molecule has 0 aliphatic heterocycles. The van der Waals surface area contributed by atoms with Crippen molar-refractivity contribution < 1.29 is 9.47 Å². The fourth-order valence-corrected chi connectivity index (χ4v) is 5.31. The van der Waals surface area contributed by atoms with E-state index in [-0.39, 0.29) is 0 Å². The first-order valence-electron chi connectivity index (χ1n) is 9.05. The summed E-state index contributed by atoms with van der Waals surface area (Å²) in [4.78, 5) is 0. The van der Waals surface area contributed by atoms with Crippen molar-refractivity contribution in [2.75, 3.05) is 12.4 Å². The fraction of sp³-hybridized carbons (Fsp3) is 0.0909. The van der Waals surface area contributed by atoms with Crippen molar-refractivity contribution in [1.82, 2.24) is 5.43 Å². The molecule has 9 heteroatoms. The number of hydrazone groups is 1. The first-order chi connectivity index (χ1) is 15.0. The average Bonchev–Trinajstić information content (AvgIpc) is 2.74. The van der Waals surface area contributed by atoms with E-state index in [1.54, 1.807) is 13.3 Å². The largest absolute Gasteiger partial charge is 0.496 e. The summed E-state index contributed by atoms with van der Waals surface area (Å²) in [6.07, 6.45) is 1.69. The third-order valence-electron chi connectivity index (χ3n) is 4.05. The highest BCUT2D eigenvalue weighted by Gasteiger charge is 2.11. The summed E-state index contributed by atoms with van der Waals surface area (Å²) in [5.74, 6) is 1.44. The molecule has 3 rings (SSSR count). The summed E-state index contributed by atoms with van der Waals surface area (Å²) in [5, 5.41) is 7.68. The van der Waals surface area contributed by atoms with Crippen LogP contribution in [0.4, 0.5) is 5.69 Å². The van der Waals surface area contributed by atoms with Crippen LogP contribution in [0.15, 0.2) is 79.2 Å². The first kappa shape index (κ1) is 23.7. The van der Waals surface area contributed by atoms with Crippen molar-refractivity contribution in [2.45, 2.75) is 6.61 Å². The lowest BCUT2D eigenvalue weighted by atomic mass is 10.1. The van der Waals surface area contributed by atoms with Gasteiger partial charge in [-0.1, -0.05) is 34.1 Å². The molecule has 0 unspecified atom stereocenters. The van der Waals surface area contributed by atoms with E-state index >= 15 is 0 Å². The van der Waals surface area contributed by atoms with E-state index in [0.717, 1.165) is 36.0 Å². The molecule has 0 aliphatic rings. The van der Waals surface area contributed by atoms with E-state index in [9.17, 15) is 0 Å². The smallest absolute Gasteiger partial charge is 0.191 e. The van der Waals surface area contributed by atoms with E-state index in [2.05, 4.69) is 63.6 Å². The Morgan fingerprint density at radius 3 is 2.42 bits per heavy atom. The maximum atomic E-state index is 6.03. The number of hydrogen-bond acceptors (Lipinski definition) is 4. The van der Waals surface area contributed by atoms with Gasteiger partial charge in [0.05, 0.1) is 22.3 Å². The molecule has 5 nitrogen and oxygen atoms in total. The predicted molar refractivity (Wildman–Crippen MR) is 140 cm³/mol. The first-order valence-corrected chi connectivity index (χ1v) is 11.8. The zero-order valence-electron chi connectivity index (χ0n) is 16.4. The number of ether oxygens (including phenoxy) is 2. The molecule has 0 fully saturated rings. The van der Waals surface area contributed by atoms with Gasteiger partial charge >= 0.3 is 0 Å². The normalized spacial score (nSPS) is 10.7. The minimum Gasteiger partial charge on any atom is -0.496 e. The van der Waals surface area contributed by atoms with Crippen LogP contribution >= 0.6 is 60.0 Å². The molecular formula is C22H18Br3N3O2S. The van der Waals surface area contributed by atoms with Gasteiger partial charge in [0.2, 0.25) is 0 Å². The Bertz CT molecular complexity index is 1070. The van der Waals surface area contributed by atoms with Crippen molar-refractivity contribution in [3.8, 4) is 11.5 Å². The molecule has 31 heavy (non-hydrogen) atoms. The number of thiocarbonyl (C=S) groups is 1. The van der Waals surface area contributed by atoms with Gasteiger partial charge < -0.3 is 14.8 Å². The minimum atomic E-state index is 0.324. The van der Waals surface area contributed by atoms with Gasteiger partial charge in [0, 0.05) is 15.7 Å². The van der Waals surface area contributed by atoms with E-state index in [0.29, 0.717) is 17.5 Å². The van der Waals surface area contributed by atoms with Gasteiger partial charge in [0.25, 0.3) is 0 Å². The van der Waals surface area contributed by atoms with Gasteiger partial charge in [-0.25, -0.2) is 0 Å². The number of rotatable bonds is 7. The molecule has 0 bridgehead atoms. The average molecular weight is 628 g/mol. The van der Waals surface area contributed by atoms with Crippen LogP contribution in [0.2, 0.25) is 0 Å². The number of hydrogen-bond donors (Lipinski definition) is 2. The summed E-state index contributed by atoms with van der Waals surface area (Å²) >= 11 is 15.8. The summed E-state index contributed by atoms with van der Waals surface area (Å²) in [5.41, 5.74) is 5.47. The molecule has 3 aromatic rings. The standard InChI is InChI=1S/C22H18Br3N3O2S/c1-29-20-8-7-14(12-26-28-22(31)27-17-5-3-2-4-6-17)9-15(20)13-30-21-18(24)10-16(23)11-19(21)25/h2-12H,13H2,1H3,(H2,27,28,31)/b26-12+. The monoisotopic (exact) mass is 625 g/mol. The SMILES string of the molecule is COc1ccc(/C=N/NC(=S)Nc2ccccc2)cc1COc1c(Br)cc(Br)cc1Br. The molecule has 160 valence electrons. The van der Waals surface area contributed by atoms with Crippen molar-refractivity contribution >= 4 is 77.0 Å². The predicted octanol–water partition coefficient (Wildman–Crippen LogP) is 6.88. The molecule has 2 N–H and O–H groups in total. The van der Waals surface area contributed by atoms with Crippen molar-refractivity contribution in [3.63, 3.8) is 0 Å². The molecule has 0 saturated carbocycles. The zero-order chi connectivity index (χ0) is 22.2. The topological polar surface area (TPSA) is 54.9 Å². The van der Waals surface area contributed by atoms with Crippen LogP contribution in [-0.2, 0) is 6.61 Å². The third-order valence-corrected chi connectivity index (χ3v) is 5.88. The number of methoxy groups -OCH3 is 1. The Morgan fingerprint density at radius 2 is 1.74 bits per heavy atom. The van der Waals surface area contributed by atoms with Crippen molar-refractivity contribution in [2.24, 2.45) is 5.10 Å². The zero-order valence-corrected chi connectivity index (χ0v) is 21.9. The highest BCUT2D eigenvalue weighted by atomic mass is 79.9.